The van der Waals surface area contributed by atoms with Gasteiger partial charge in [-0.05, 0) is 25.5 Å². The number of anilines is 1. The fourth-order valence-electron chi connectivity index (χ4n) is 1.83. The fourth-order valence-corrected chi connectivity index (χ4v) is 1.83. The van der Waals surface area contributed by atoms with Crippen molar-refractivity contribution in [2.45, 2.75) is 20.3 Å². The fraction of sp³-hybridized carbons (Fsp3) is 0.333. The molecule has 0 amide bonds. The molecule has 0 aliphatic carbocycles. The summed E-state index contributed by atoms with van der Waals surface area (Å²) in [6.45, 7) is 4.06. The zero-order chi connectivity index (χ0) is 13.8. The van der Waals surface area contributed by atoms with E-state index in [0.29, 0.717) is 30.2 Å². The van der Waals surface area contributed by atoms with Crippen molar-refractivity contribution in [3.63, 3.8) is 0 Å². The van der Waals surface area contributed by atoms with Gasteiger partial charge in [0.05, 0.1) is 0 Å². The lowest BCUT2D eigenvalue weighted by Gasteiger charge is -2.11. The number of aryl methyl sites for hydroxylation is 2. The molecule has 0 saturated heterocycles. The van der Waals surface area contributed by atoms with Crippen LogP contribution >= 0.6 is 0 Å². The van der Waals surface area contributed by atoms with Gasteiger partial charge in [-0.15, -0.1) is 0 Å². The summed E-state index contributed by atoms with van der Waals surface area (Å²) in [4.78, 5) is 19.3. The first kappa shape index (κ1) is 13.0. The molecule has 0 unspecified atom stereocenters. The van der Waals surface area contributed by atoms with Crippen molar-refractivity contribution in [1.29, 1.82) is 0 Å². The molecule has 2 rings (SSSR count). The van der Waals surface area contributed by atoms with Crippen LogP contribution in [0, 0.1) is 13.8 Å². The van der Waals surface area contributed by atoms with Crippen LogP contribution in [0.4, 0.5) is 5.82 Å². The molecule has 0 bridgehead atoms. The summed E-state index contributed by atoms with van der Waals surface area (Å²) < 4.78 is 4.62. The summed E-state index contributed by atoms with van der Waals surface area (Å²) in [5.41, 5.74) is 1.64. The third-order valence-corrected chi connectivity index (χ3v) is 2.61. The van der Waals surface area contributed by atoms with E-state index in [2.05, 4.69) is 25.0 Å². The van der Waals surface area contributed by atoms with E-state index in [-0.39, 0.29) is 5.56 Å². The summed E-state index contributed by atoms with van der Waals surface area (Å²) in [5.74, 6) is -0.0608. The van der Waals surface area contributed by atoms with Crippen molar-refractivity contribution in [3.05, 3.63) is 35.1 Å². The van der Waals surface area contributed by atoms with E-state index >= 15 is 0 Å². The van der Waals surface area contributed by atoms with Crippen LogP contribution in [0.1, 0.15) is 27.4 Å². The molecule has 0 spiro atoms. The maximum atomic E-state index is 11.2. The van der Waals surface area contributed by atoms with E-state index in [1.54, 1.807) is 13.0 Å². The number of carboxylic acid groups (broad SMARTS) is 1. The van der Waals surface area contributed by atoms with Gasteiger partial charge in [-0.25, -0.2) is 9.78 Å². The summed E-state index contributed by atoms with van der Waals surface area (Å²) in [7, 11) is 0. The summed E-state index contributed by atoms with van der Waals surface area (Å²) in [5, 5.41) is 15.9. The Morgan fingerprint density at radius 3 is 2.89 bits per heavy atom. The van der Waals surface area contributed by atoms with Gasteiger partial charge in [-0.2, -0.15) is 4.98 Å². The number of carbonyl (C=O) groups is 1. The quantitative estimate of drug-likeness (QED) is 0.840. The van der Waals surface area contributed by atoms with Gasteiger partial charge in [-0.3, -0.25) is 0 Å². The Morgan fingerprint density at radius 2 is 2.26 bits per heavy atom. The van der Waals surface area contributed by atoms with Gasteiger partial charge < -0.3 is 14.9 Å². The van der Waals surface area contributed by atoms with E-state index in [4.69, 9.17) is 0 Å². The van der Waals surface area contributed by atoms with Crippen LogP contribution in [0.15, 0.2) is 17.0 Å². The minimum absolute atomic E-state index is 0.193. The first-order valence-electron chi connectivity index (χ1n) is 5.78. The SMILES string of the molecule is Cc1cc(C)c(C(=O)O)c(NCCc2ncon2)n1. The molecule has 0 radical (unpaired) electrons. The highest BCUT2D eigenvalue weighted by Gasteiger charge is 2.15. The summed E-state index contributed by atoms with van der Waals surface area (Å²) in [6, 6.07) is 1.74. The second kappa shape index (κ2) is 5.47. The van der Waals surface area contributed by atoms with Crippen molar-refractivity contribution in [3.8, 4) is 0 Å². The molecule has 0 fully saturated rings. The molecule has 19 heavy (non-hydrogen) atoms. The lowest BCUT2D eigenvalue weighted by atomic mass is 10.1. The highest BCUT2D eigenvalue weighted by molar-refractivity contribution is 5.94. The lowest BCUT2D eigenvalue weighted by molar-refractivity contribution is 0.0697. The zero-order valence-electron chi connectivity index (χ0n) is 10.7. The topological polar surface area (TPSA) is 101 Å². The minimum atomic E-state index is -0.993. The highest BCUT2D eigenvalue weighted by atomic mass is 16.5. The predicted molar refractivity (Wildman–Crippen MR) is 67.2 cm³/mol. The lowest BCUT2D eigenvalue weighted by Crippen LogP contribution is -2.13. The number of hydrogen-bond acceptors (Lipinski definition) is 6. The number of rotatable bonds is 5. The predicted octanol–water partition coefficient (Wildman–Crippen LogP) is 1.43. The largest absolute Gasteiger partial charge is 0.478 e. The van der Waals surface area contributed by atoms with E-state index in [1.165, 1.54) is 6.39 Å². The molecule has 7 heteroatoms. The average molecular weight is 262 g/mol. The highest BCUT2D eigenvalue weighted by Crippen LogP contribution is 2.18. The van der Waals surface area contributed by atoms with Crippen molar-refractivity contribution in [2.24, 2.45) is 0 Å². The van der Waals surface area contributed by atoms with Crippen LogP contribution < -0.4 is 5.32 Å². The molecule has 0 aliphatic rings. The third-order valence-electron chi connectivity index (χ3n) is 2.61. The summed E-state index contributed by atoms with van der Waals surface area (Å²) in [6.07, 6.45) is 1.79. The number of nitrogens with zero attached hydrogens (tertiary/aromatic N) is 3. The van der Waals surface area contributed by atoms with Crippen molar-refractivity contribution in [1.82, 2.24) is 15.1 Å². The Hall–Kier alpha value is -2.44. The normalized spacial score (nSPS) is 10.4. The standard InChI is InChI=1S/C12H14N4O3/c1-7-5-8(2)15-11(10(7)12(17)18)13-4-3-9-14-6-19-16-9/h5-6H,3-4H2,1-2H3,(H,13,15)(H,17,18). The van der Waals surface area contributed by atoms with E-state index < -0.39 is 5.97 Å². The van der Waals surface area contributed by atoms with Crippen LogP contribution in [0.25, 0.3) is 0 Å². The van der Waals surface area contributed by atoms with Crippen LogP contribution in [0.3, 0.4) is 0 Å². The Kier molecular flexibility index (Phi) is 3.74. The van der Waals surface area contributed by atoms with Crippen LogP contribution in [-0.4, -0.2) is 32.7 Å². The smallest absolute Gasteiger partial charge is 0.339 e. The zero-order valence-corrected chi connectivity index (χ0v) is 10.7. The number of aromatic carboxylic acids is 1. The monoisotopic (exact) mass is 262 g/mol. The van der Waals surface area contributed by atoms with Gasteiger partial charge in [0.25, 0.3) is 0 Å². The van der Waals surface area contributed by atoms with E-state index in [9.17, 15) is 9.90 Å². The number of nitrogens with one attached hydrogen (secondary N) is 1. The Labute approximate surface area is 109 Å². The first-order valence-corrected chi connectivity index (χ1v) is 5.78. The molecular formula is C12H14N4O3. The number of aromatic nitrogens is 3. The van der Waals surface area contributed by atoms with Gasteiger partial charge in [0.2, 0.25) is 6.39 Å². The minimum Gasteiger partial charge on any atom is -0.478 e. The van der Waals surface area contributed by atoms with Gasteiger partial charge >= 0.3 is 5.97 Å². The third kappa shape index (κ3) is 3.06. The molecule has 2 aromatic heterocycles. The van der Waals surface area contributed by atoms with Gasteiger partial charge in [0.1, 0.15) is 11.4 Å². The Balaban J connectivity index is 2.12. The van der Waals surface area contributed by atoms with Crippen molar-refractivity contribution in [2.75, 3.05) is 11.9 Å². The van der Waals surface area contributed by atoms with Crippen LogP contribution in [-0.2, 0) is 6.42 Å². The molecule has 2 N–H and O–H groups in total. The number of pyridine rings is 1. The Bertz CT molecular complexity index is 581. The van der Waals surface area contributed by atoms with Gasteiger partial charge in [-0.1, -0.05) is 5.16 Å². The van der Waals surface area contributed by atoms with Gasteiger partial charge in [0.15, 0.2) is 5.82 Å². The molecule has 0 saturated carbocycles. The molecule has 7 nitrogen and oxygen atoms in total. The maximum absolute atomic E-state index is 11.2. The van der Waals surface area contributed by atoms with E-state index in [1.807, 2.05) is 6.92 Å². The number of carboxylic acids is 1. The molecule has 100 valence electrons. The van der Waals surface area contributed by atoms with Crippen LogP contribution in [0.2, 0.25) is 0 Å². The molecule has 2 aromatic rings. The Morgan fingerprint density at radius 1 is 1.47 bits per heavy atom. The maximum Gasteiger partial charge on any atom is 0.339 e. The van der Waals surface area contributed by atoms with Crippen LogP contribution in [0.5, 0.6) is 0 Å². The second-order valence-electron chi connectivity index (χ2n) is 4.13. The molecular weight excluding hydrogens is 248 g/mol. The molecule has 0 atom stereocenters. The van der Waals surface area contributed by atoms with E-state index in [0.717, 1.165) is 5.69 Å². The molecule has 0 aromatic carbocycles. The second-order valence-corrected chi connectivity index (χ2v) is 4.13. The molecule has 0 aliphatic heterocycles. The van der Waals surface area contributed by atoms with Gasteiger partial charge in [0, 0.05) is 18.7 Å². The molecule has 2 heterocycles. The van der Waals surface area contributed by atoms with Crippen molar-refractivity contribution < 1.29 is 14.4 Å². The first-order chi connectivity index (χ1) is 9.08. The number of hydrogen-bond donors (Lipinski definition) is 2. The van der Waals surface area contributed by atoms with Crippen molar-refractivity contribution >= 4 is 11.8 Å². The summed E-state index contributed by atoms with van der Waals surface area (Å²) >= 11 is 0. The average Bonchev–Trinajstić information content (AvgIpc) is 2.80.